The lowest BCUT2D eigenvalue weighted by Crippen LogP contribution is -2.61. The van der Waals surface area contributed by atoms with Crippen LogP contribution in [0.3, 0.4) is 0 Å². The minimum Gasteiger partial charge on any atom is -0.433 e. The standard InChI is InChI=1S/C42H42F6N4O6/c1-51(2)37(35(55)49-39(41(43,44)45,31-21-13-7-14-22-31)27-29-17-9-5-10-18-29)57-33(53)25-26-34(54)58-38(52(3)4)36(56)50-40(42(46,47)48,32-23-15-8-16-24-32)28-30-19-11-6-12-20-30/h5-26,37-38H,27-28H2,1-4H3,(H,49,55)(H,50,56)/b26-25-. The van der Waals surface area contributed by atoms with E-state index in [1.54, 1.807) is 36.4 Å². The van der Waals surface area contributed by atoms with Crippen LogP contribution in [-0.2, 0) is 52.6 Å². The molecule has 4 aromatic carbocycles. The minimum absolute atomic E-state index is 0.244. The monoisotopic (exact) mass is 812 g/mol. The number of alkyl halides is 6. The highest BCUT2D eigenvalue weighted by atomic mass is 19.4. The molecule has 0 aliphatic carbocycles. The first-order valence-corrected chi connectivity index (χ1v) is 17.7. The molecule has 16 heteroatoms. The summed E-state index contributed by atoms with van der Waals surface area (Å²) in [4.78, 5) is 55.1. The van der Waals surface area contributed by atoms with Crippen molar-refractivity contribution in [2.45, 2.75) is 48.7 Å². The van der Waals surface area contributed by atoms with E-state index in [0.717, 1.165) is 9.80 Å². The van der Waals surface area contributed by atoms with Crippen molar-refractivity contribution in [2.24, 2.45) is 0 Å². The number of carbonyl (C=O) groups is 4. The van der Waals surface area contributed by atoms with Crippen LogP contribution in [0, 0.1) is 0 Å². The van der Waals surface area contributed by atoms with Crippen molar-refractivity contribution in [3.8, 4) is 0 Å². The molecule has 0 aliphatic heterocycles. The van der Waals surface area contributed by atoms with Gasteiger partial charge in [-0.2, -0.15) is 26.3 Å². The Bertz CT molecular complexity index is 1870. The second kappa shape index (κ2) is 19.0. The molecule has 58 heavy (non-hydrogen) atoms. The lowest BCUT2D eigenvalue weighted by atomic mass is 9.82. The molecule has 308 valence electrons. The van der Waals surface area contributed by atoms with Crippen molar-refractivity contribution in [1.29, 1.82) is 0 Å². The van der Waals surface area contributed by atoms with Gasteiger partial charge >= 0.3 is 24.3 Å². The van der Waals surface area contributed by atoms with Gasteiger partial charge in [-0.25, -0.2) is 9.59 Å². The second-order valence-corrected chi connectivity index (χ2v) is 13.7. The third kappa shape index (κ3) is 10.9. The van der Waals surface area contributed by atoms with Gasteiger partial charge in [0.25, 0.3) is 11.8 Å². The fraction of sp³-hybridized carbons (Fsp3) is 0.286. The smallest absolute Gasteiger partial charge is 0.416 e. The second-order valence-electron chi connectivity index (χ2n) is 13.7. The Morgan fingerprint density at radius 3 is 1.05 bits per heavy atom. The molecule has 0 spiro atoms. The molecule has 0 aliphatic rings. The maximum Gasteiger partial charge on any atom is 0.416 e. The van der Waals surface area contributed by atoms with Crippen LogP contribution in [0.5, 0.6) is 0 Å². The van der Waals surface area contributed by atoms with Crippen molar-refractivity contribution in [3.63, 3.8) is 0 Å². The molecule has 0 saturated heterocycles. The topological polar surface area (TPSA) is 117 Å². The summed E-state index contributed by atoms with van der Waals surface area (Å²) in [5.74, 6) is -5.45. The summed E-state index contributed by atoms with van der Waals surface area (Å²) in [6, 6.07) is 28.7. The molecule has 0 radical (unpaired) electrons. The highest BCUT2D eigenvalue weighted by Crippen LogP contribution is 2.43. The van der Waals surface area contributed by atoms with Crippen molar-refractivity contribution >= 4 is 23.8 Å². The zero-order valence-electron chi connectivity index (χ0n) is 31.9. The number of benzene rings is 4. The number of nitrogens with one attached hydrogen (secondary N) is 2. The lowest BCUT2D eigenvalue weighted by Gasteiger charge is -2.38. The number of rotatable bonds is 16. The molecule has 4 rings (SSSR count). The van der Waals surface area contributed by atoms with E-state index in [-0.39, 0.29) is 22.3 Å². The molecule has 2 amide bonds. The molecule has 0 heterocycles. The van der Waals surface area contributed by atoms with Crippen molar-refractivity contribution in [2.75, 3.05) is 28.2 Å². The first-order chi connectivity index (χ1) is 27.3. The summed E-state index contributed by atoms with van der Waals surface area (Å²) in [7, 11) is 5.05. The fourth-order valence-electron chi connectivity index (χ4n) is 6.12. The highest BCUT2D eigenvalue weighted by molar-refractivity contribution is 5.94. The third-order valence-corrected chi connectivity index (χ3v) is 9.00. The Morgan fingerprint density at radius 1 is 0.517 bits per heavy atom. The van der Waals surface area contributed by atoms with Gasteiger partial charge in [-0.1, -0.05) is 121 Å². The largest absolute Gasteiger partial charge is 0.433 e. The molecule has 0 saturated carbocycles. The predicted octanol–water partition coefficient (Wildman–Crippen LogP) is 6.04. The van der Waals surface area contributed by atoms with E-state index in [9.17, 15) is 19.2 Å². The van der Waals surface area contributed by atoms with E-state index in [0.29, 0.717) is 12.2 Å². The van der Waals surface area contributed by atoms with Crippen LogP contribution < -0.4 is 10.6 Å². The third-order valence-electron chi connectivity index (χ3n) is 9.00. The van der Waals surface area contributed by atoms with Crippen LogP contribution in [0.2, 0.25) is 0 Å². The van der Waals surface area contributed by atoms with Gasteiger partial charge in [0, 0.05) is 25.0 Å². The Kier molecular flexibility index (Phi) is 14.6. The van der Waals surface area contributed by atoms with Gasteiger partial charge in [-0.15, -0.1) is 0 Å². The summed E-state index contributed by atoms with van der Waals surface area (Å²) in [6.45, 7) is 0. The SMILES string of the molecule is CN(C)C(OC(=O)/C=C\C(=O)OC(C(=O)NC(Cc1ccccc1)(c1ccccc1)C(F)(F)F)N(C)C)C(=O)NC(Cc1ccccc1)(c1ccccc1)C(F)(F)F. The number of ether oxygens (including phenoxy) is 2. The normalized spacial score (nSPS) is 15.2. The zero-order chi connectivity index (χ0) is 42.7. The number of carbonyl (C=O) groups excluding carboxylic acids is 4. The van der Waals surface area contributed by atoms with Crippen LogP contribution in [0.25, 0.3) is 0 Å². The van der Waals surface area contributed by atoms with Gasteiger partial charge in [-0.3, -0.25) is 19.4 Å². The van der Waals surface area contributed by atoms with Gasteiger partial charge in [0.15, 0.2) is 11.1 Å². The molecule has 0 aromatic heterocycles. The first-order valence-electron chi connectivity index (χ1n) is 17.7. The van der Waals surface area contributed by atoms with E-state index in [1.165, 1.54) is 113 Å². The van der Waals surface area contributed by atoms with Gasteiger partial charge in [0.05, 0.1) is 0 Å². The van der Waals surface area contributed by atoms with Crippen LogP contribution in [-0.4, -0.2) is 86.6 Å². The Balaban J connectivity index is 1.54. The van der Waals surface area contributed by atoms with Crippen molar-refractivity contribution < 1.29 is 55.0 Å². The number of likely N-dealkylation sites (N-methyl/N-ethyl adjacent to an activating group) is 2. The number of hydrogen-bond donors (Lipinski definition) is 2. The molecule has 10 nitrogen and oxygen atoms in total. The van der Waals surface area contributed by atoms with Crippen molar-refractivity contribution in [3.05, 3.63) is 156 Å². The summed E-state index contributed by atoms with van der Waals surface area (Å²) in [5, 5.41) is 4.13. The maximum absolute atomic E-state index is 15.1. The molecule has 4 unspecified atom stereocenters. The Labute approximate surface area is 331 Å². The van der Waals surface area contributed by atoms with Crippen LogP contribution in [0.15, 0.2) is 133 Å². The van der Waals surface area contributed by atoms with E-state index in [1.807, 2.05) is 0 Å². The van der Waals surface area contributed by atoms with Crippen LogP contribution in [0.4, 0.5) is 26.3 Å². The van der Waals surface area contributed by atoms with E-state index in [2.05, 4.69) is 10.6 Å². The number of halogens is 6. The molecule has 4 aromatic rings. The number of nitrogens with zero attached hydrogens (tertiary/aromatic N) is 2. The lowest BCUT2D eigenvalue weighted by molar-refractivity contribution is -0.206. The van der Waals surface area contributed by atoms with Gasteiger partial charge < -0.3 is 20.1 Å². The average Bonchev–Trinajstić information content (AvgIpc) is 3.17. The predicted molar refractivity (Wildman–Crippen MR) is 201 cm³/mol. The maximum atomic E-state index is 15.1. The number of amides is 2. The quantitative estimate of drug-likeness (QED) is 0.0610. The first kappa shape index (κ1) is 44.7. The Hall–Kier alpha value is -6.00. The average molecular weight is 813 g/mol. The van der Waals surface area contributed by atoms with Gasteiger partial charge in [-0.05, 0) is 50.4 Å². The summed E-state index contributed by atoms with van der Waals surface area (Å²) < 4.78 is 101. The number of esters is 2. The van der Waals surface area contributed by atoms with Gasteiger partial charge in [0.2, 0.25) is 12.5 Å². The van der Waals surface area contributed by atoms with E-state index < -0.39 is 72.5 Å². The minimum atomic E-state index is -5.05. The molecule has 4 atom stereocenters. The summed E-state index contributed by atoms with van der Waals surface area (Å²) in [5.41, 5.74) is -6.04. The molecule has 0 bridgehead atoms. The van der Waals surface area contributed by atoms with E-state index in [4.69, 9.17) is 9.47 Å². The van der Waals surface area contributed by atoms with Crippen LogP contribution in [0.1, 0.15) is 22.3 Å². The zero-order valence-corrected chi connectivity index (χ0v) is 31.9. The molecular weight excluding hydrogens is 770 g/mol. The highest BCUT2D eigenvalue weighted by Gasteiger charge is 2.59. The Morgan fingerprint density at radius 2 is 0.793 bits per heavy atom. The van der Waals surface area contributed by atoms with Gasteiger partial charge in [0.1, 0.15) is 0 Å². The van der Waals surface area contributed by atoms with Crippen LogP contribution >= 0.6 is 0 Å². The summed E-state index contributed by atoms with van der Waals surface area (Å²) in [6.07, 6.45) is -14.4. The molecule has 2 N–H and O–H groups in total. The number of hydrogen-bond acceptors (Lipinski definition) is 8. The summed E-state index contributed by atoms with van der Waals surface area (Å²) >= 11 is 0. The molecular formula is C42H42F6N4O6. The fourth-order valence-corrected chi connectivity index (χ4v) is 6.12. The molecule has 0 fully saturated rings. The van der Waals surface area contributed by atoms with E-state index >= 15 is 26.3 Å². The van der Waals surface area contributed by atoms with Crippen molar-refractivity contribution in [1.82, 2.24) is 20.4 Å².